The molecule has 0 radical (unpaired) electrons. The van der Waals surface area contributed by atoms with E-state index < -0.39 is 17.8 Å². The molecule has 3 rings (SSSR count). The van der Waals surface area contributed by atoms with Crippen LogP contribution in [0.5, 0.6) is 5.88 Å². The molecule has 3 aromatic rings. The van der Waals surface area contributed by atoms with Crippen LogP contribution < -0.4 is 10.1 Å². The van der Waals surface area contributed by atoms with Crippen molar-refractivity contribution in [1.82, 2.24) is 19.3 Å². The molecule has 0 atom stereocenters. The molecular formula is C18H16F3N5O3S. The average Bonchev–Trinajstić information content (AvgIpc) is 3.07. The van der Waals surface area contributed by atoms with Crippen molar-refractivity contribution in [2.24, 2.45) is 0 Å². The number of aliphatic hydroxyl groups is 1. The van der Waals surface area contributed by atoms with Crippen molar-refractivity contribution >= 4 is 23.1 Å². The maximum Gasteiger partial charge on any atom is 0.434 e. The first-order chi connectivity index (χ1) is 14.3. The Kier molecular flexibility index (Phi) is 6.57. The molecule has 30 heavy (non-hydrogen) atoms. The monoisotopic (exact) mass is 439 g/mol. The Bertz CT molecular complexity index is 1010. The fourth-order valence-electron chi connectivity index (χ4n) is 2.47. The van der Waals surface area contributed by atoms with Gasteiger partial charge in [-0.25, -0.2) is 9.97 Å². The molecule has 0 aliphatic rings. The maximum absolute atomic E-state index is 12.7. The number of hydrogen-bond donors (Lipinski definition) is 2. The standard InChI is InChI=1S/C18H16F3N5O3S/c1-10-16(17(28)25-11-2-3-15(24-7-11)29-5-4-27)13(30-26-10)6-12-8-23-14(9-22-12)18(19,20)21/h2-3,7-9,27H,4-6H2,1H3,(H,25,28). The number of rotatable bonds is 7. The van der Waals surface area contributed by atoms with Gasteiger partial charge in [0.15, 0.2) is 5.69 Å². The summed E-state index contributed by atoms with van der Waals surface area (Å²) >= 11 is 1.07. The number of anilines is 1. The highest BCUT2D eigenvalue weighted by atomic mass is 32.1. The summed E-state index contributed by atoms with van der Waals surface area (Å²) in [6.45, 7) is 1.63. The summed E-state index contributed by atoms with van der Waals surface area (Å²) in [6, 6.07) is 3.14. The number of ether oxygens (including phenoxy) is 1. The van der Waals surface area contributed by atoms with Crippen LogP contribution in [0.4, 0.5) is 18.9 Å². The predicted octanol–water partition coefficient (Wildman–Crippen LogP) is 2.87. The summed E-state index contributed by atoms with van der Waals surface area (Å²) in [5, 5.41) is 11.4. The molecule has 0 aliphatic carbocycles. The Morgan fingerprint density at radius 1 is 1.20 bits per heavy atom. The van der Waals surface area contributed by atoms with Crippen LogP contribution in [-0.2, 0) is 12.6 Å². The van der Waals surface area contributed by atoms with E-state index in [0.29, 0.717) is 33.9 Å². The normalized spacial score (nSPS) is 11.4. The fourth-order valence-corrected chi connectivity index (χ4v) is 3.35. The van der Waals surface area contributed by atoms with Gasteiger partial charge in [-0.3, -0.25) is 9.78 Å². The smallest absolute Gasteiger partial charge is 0.434 e. The van der Waals surface area contributed by atoms with Gasteiger partial charge in [0, 0.05) is 23.6 Å². The molecule has 1 amide bonds. The molecule has 3 heterocycles. The van der Waals surface area contributed by atoms with E-state index >= 15 is 0 Å². The number of halogens is 3. The van der Waals surface area contributed by atoms with Crippen molar-refractivity contribution in [3.63, 3.8) is 0 Å². The van der Waals surface area contributed by atoms with Gasteiger partial charge in [0.25, 0.3) is 5.91 Å². The number of hydrogen-bond acceptors (Lipinski definition) is 8. The first-order valence-corrected chi connectivity index (χ1v) is 9.39. The van der Waals surface area contributed by atoms with Gasteiger partial charge in [-0.05, 0) is 24.5 Å². The second kappa shape index (κ2) is 9.13. The Morgan fingerprint density at radius 3 is 2.60 bits per heavy atom. The highest BCUT2D eigenvalue weighted by Crippen LogP contribution is 2.27. The van der Waals surface area contributed by atoms with E-state index in [1.54, 1.807) is 19.1 Å². The second-order valence-corrected chi connectivity index (χ2v) is 6.90. The largest absolute Gasteiger partial charge is 0.475 e. The molecule has 8 nitrogen and oxygen atoms in total. The first-order valence-electron chi connectivity index (χ1n) is 8.62. The number of aromatic nitrogens is 4. The zero-order valence-electron chi connectivity index (χ0n) is 15.6. The van der Waals surface area contributed by atoms with Crippen LogP contribution in [0, 0.1) is 6.92 Å². The van der Waals surface area contributed by atoms with E-state index in [1.807, 2.05) is 0 Å². The lowest BCUT2D eigenvalue weighted by Crippen LogP contribution is -2.15. The molecule has 0 bridgehead atoms. The Labute approximate surface area is 173 Å². The Morgan fingerprint density at radius 2 is 2.00 bits per heavy atom. The van der Waals surface area contributed by atoms with E-state index in [4.69, 9.17) is 9.84 Å². The molecule has 0 spiro atoms. The molecule has 0 fully saturated rings. The van der Waals surface area contributed by atoms with Crippen LogP contribution in [-0.4, -0.2) is 43.6 Å². The number of carbonyl (C=O) groups is 1. The van der Waals surface area contributed by atoms with Crippen molar-refractivity contribution in [1.29, 1.82) is 0 Å². The highest BCUT2D eigenvalue weighted by molar-refractivity contribution is 7.06. The van der Waals surface area contributed by atoms with Gasteiger partial charge in [0.1, 0.15) is 6.61 Å². The third-order valence-corrected chi connectivity index (χ3v) is 4.77. The molecule has 0 aliphatic heterocycles. The lowest BCUT2D eigenvalue weighted by molar-refractivity contribution is -0.141. The molecule has 2 N–H and O–H groups in total. The van der Waals surface area contributed by atoms with Crippen LogP contribution in [0.25, 0.3) is 0 Å². The highest BCUT2D eigenvalue weighted by Gasteiger charge is 2.32. The molecule has 158 valence electrons. The predicted molar refractivity (Wildman–Crippen MR) is 101 cm³/mol. The van der Waals surface area contributed by atoms with Crippen LogP contribution in [0.15, 0.2) is 30.7 Å². The fraction of sp³-hybridized carbons (Fsp3) is 0.278. The lowest BCUT2D eigenvalue weighted by atomic mass is 10.1. The summed E-state index contributed by atoms with van der Waals surface area (Å²) in [6.07, 6.45) is -1.35. The molecule has 0 unspecified atom stereocenters. The molecule has 0 saturated heterocycles. The number of pyridine rings is 1. The van der Waals surface area contributed by atoms with Crippen molar-refractivity contribution in [3.8, 4) is 5.88 Å². The lowest BCUT2D eigenvalue weighted by Gasteiger charge is -2.08. The summed E-state index contributed by atoms with van der Waals surface area (Å²) in [5.41, 5.74) is 0.434. The first kappa shape index (κ1) is 21.6. The summed E-state index contributed by atoms with van der Waals surface area (Å²) in [4.78, 5) is 24.5. The Balaban J connectivity index is 1.72. The number of carbonyl (C=O) groups excluding carboxylic acids is 1. The van der Waals surface area contributed by atoms with E-state index in [9.17, 15) is 18.0 Å². The van der Waals surface area contributed by atoms with Gasteiger partial charge < -0.3 is 15.2 Å². The number of amides is 1. The zero-order valence-corrected chi connectivity index (χ0v) is 16.4. The number of nitrogens with zero attached hydrogens (tertiary/aromatic N) is 4. The topological polar surface area (TPSA) is 110 Å². The quantitative estimate of drug-likeness (QED) is 0.582. The minimum atomic E-state index is -4.57. The molecule has 0 saturated carbocycles. The van der Waals surface area contributed by atoms with Crippen molar-refractivity contribution in [3.05, 3.63) is 58.2 Å². The van der Waals surface area contributed by atoms with Gasteiger partial charge in [-0.1, -0.05) is 0 Å². The van der Waals surface area contributed by atoms with Gasteiger partial charge in [0.2, 0.25) is 5.88 Å². The van der Waals surface area contributed by atoms with Gasteiger partial charge >= 0.3 is 6.18 Å². The summed E-state index contributed by atoms with van der Waals surface area (Å²) in [5.74, 6) is -0.126. The van der Waals surface area contributed by atoms with Crippen molar-refractivity contribution in [2.45, 2.75) is 19.5 Å². The SMILES string of the molecule is Cc1nsc(Cc2cnc(C(F)(F)F)cn2)c1C(=O)Nc1ccc(OCCO)nc1. The van der Waals surface area contributed by atoms with Crippen LogP contribution in [0.1, 0.15) is 32.3 Å². The number of alkyl halides is 3. The zero-order chi connectivity index (χ0) is 21.7. The molecular weight excluding hydrogens is 423 g/mol. The van der Waals surface area contributed by atoms with E-state index in [-0.39, 0.29) is 25.3 Å². The van der Waals surface area contributed by atoms with Gasteiger partial charge in [-0.2, -0.15) is 17.5 Å². The minimum Gasteiger partial charge on any atom is -0.475 e. The number of aliphatic hydroxyl groups excluding tert-OH is 1. The third-order valence-electron chi connectivity index (χ3n) is 3.83. The molecule has 12 heteroatoms. The number of aryl methyl sites for hydroxylation is 1. The van der Waals surface area contributed by atoms with E-state index in [1.165, 1.54) is 6.20 Å². The van der Waals surface area contributed by atoms with E-state index in [0.717, 1.165) is 17.7 Å². The second-order valence-electron chi connectivity index (χ2n) is 6.04. The molecule has 3 aromatic heterocycles. The number of nitrogens with one attached hydrogen (secondary N) is 1. The van der Waals surface area contributed by atoms with E-state index in [2.05, 4.69) is 24.6 Å². The minimum absolute atomic E-state index is 0.106. The van der Waals surface area contributed by atoms with Crippen LogP contribution in [0.2, 0.25) is 0 Å². The van der Waals surface area contributed by atoms with Gasteiger partial charge in [0.05, 0.1) is 41.6 Å². The maximum atomic E-state index is 12.7. The average molecular weight is 439 g/mol. The van der Waals surface area contributed by atoms with Gasteiger partial charge in [-0.15, -0.1) is 0 Å². The van der Waals surface area contributed by atoms with Crippen LogP contribution in [0.3, 0.4) is 0 Å². The Hall–Kier alpha value is -3.12. The summed E-state index contributed by atoms with van der Waals surface area (Å²) in [7, 11) is 0. The molecule has 0 aromatic carbocycles. The van der Waals surface area contributed by atoms with Crippen LogP contribution >= 0.6 is 11.5 Å². The third kappa shape index (κ3) is 5.27. The van der Waals surface area contributed by atoms with Crippen molar-refractivity contribution < 1.29 is 27.8 Å². The summed E-state index contributed by atoms with van der Waals surface area (Å²) < 4.78 is 47.2. The van der Waals surface area contributed by atoms with Crippen molar-refractivity contribution in [2.75, 3.05) is 18.5 Å².